The second-order valence-electron chi connectivity index (χ2n) is 3.56. The fourth-order valence-corrected chi connectivity index (χ4v) is 3.27. The van der Waals surface area contributed by atoms with Crippen molar-refractivity contribution in [2.75, 3.05) is 7.05 Å². The van der Waals surface area contributed by atoms with Gasteiger partial charge in [-0.25, -0.2) is 0 Å². The van der Waals surface area contributed by atoms with Crippen LogP contribution >= 0.6 is 22.7 Å². The largest absolute Gasteiger partial charge is 0.313 e. The molecular weight excluding hydrogens is 222 g/mol. The third-order valence-corrected chi connectivity index (χ3v) is 4.37. The molecule has 0 radical (unpaired) electrons. The Balaban J connectivity index is 2.15. The average Bonchev–Trinajstić information content (AvgIpc) is 2.85. The quantitative estimate of drug-likeness (QED) is 0.856. The fraction of sp³-hybridized carbons (Fsp3) is 0.333. The van der Waals surface area contributed by atoms with Crippen LogP contribution in [0, 0.1) is 6.92 Å². The van der Waals surface area contributed by atoms with Crippen molar-refractivity contribution in [2.45, 2.75) is 19.4 Å². The van der Waals surface area contributed by atoms with Gasteiger partial charge in [0.15, 0.2) is 0 Å². The molecule has 1 N–H and O–H groups in total. The molecule has 15 heavy (non-hydrogen) atoms. The van der Waals surface area contributed by atoms with Crippen LogP contribution in [-0.2, 0) is 6.42 Å². The van der Waals surface area contributed by atoms with E-state index in [1.165, 1.54) is 15.3 Å². The van der Waals surface area contributed by atoms with Crippen LogP contribution in [0.3, 0.4) is 0 Å². The Morgan fingerprint density at radius 1 is 1.27 bits per heavy atom. The minimum atomic E-state index is 0.454. The van der Waals surface area contributed by atoms with Crippen LogP contribution in [0.15, 0.2) is 29.0 Å². The summed E-state index contributed by atoms with van der Waals surface area (Å²) in [5.41, 5.74) is 1.44. The van der Waals surface area contributed by atoms with E-state index in [4.69, 9.17) is 0 Å². The van der Waals surface area contributed by atoms with Crippen molar-refractivity contribution in [3.8, 4) is 0 Å². The van der Waals surface area contributed by atoms with Gasteiger partial charge in [-0.3, -0.25) is 0 Å². The molecule has 0 amide bonds. The molecule has 0 aromatic carbocycles. The van der Waals surface area contributed by atoms with Crippen molar-refractivity contribution in [1.29, 1.82) is 0 Å². The van der Waals surface area contributed by atoms with Gasteiger partial charge in [0.05, 0.1) is 0 Å². The Bertz CT molecular complexity index is 403. The predicted molar refractivity (Wildman–Crippen MR) is 68.9 cm³/mol. The molecule has 0 bridgehead atoms. The van der Waals surface area contributed by atoms with Crippen LogP contribution in [0.4, 0.5) is 0 Å². The molecule has 80 valence electrons. The first-order chi connectivity index (χ1) is 7.31. The van der Waals surface area contributed by atoms with Crippen LogP contribution in [-0.4, -0.2) is 7.05 Å². The van der Waals surface area contributed by atoms with Gasteiger partial charge < -0.3 is 5.32 Å². The molecule has 3 heteroatoms. The van der Waals surface area contributed by atoms with Crippen LogP contribution in [0.1, 0.15) is 21.4 Å². The zero-order valence-electron chi connectivity index (χ0n) is 8.99. The number of rotatable bonds is 4. The van der Waals surface area contributed by atoms with Crippen molar-refractivity contribution < 1.29 is 0 Å². The van der Waals surface area contributed by atoms with E-state index < -0.39 is 0 Å². The summed E-state index contributed by atoms with van der Waals surface area (Å²) in [5, 5.41) is 7.71. The molecule has 0 aliphatic rings. The summed E-state index contributed by atoms with van der Waals surface area (Å²) in [6, 6.07) is 7.01. The third-order valence-electron chi connectivity index (χ3n) is 2.61. The molecule has 2 aromatic heterocycles. The Morgan fingerprint density at radius 3 is 2.67 bits per heavy atom. The lowest BCUT2D eigenvalue weighted by molar-refractivity contribution is 0.596. The monoisotopic (exact) mass is 237 g/mol. The number of hydrogen-bond acceptors (Lipinski definition) is 3. The number of thiophene rings is 2. The fourth-order valence-electron chi connectivity index (χ4n) is 1.75. The van der Waals surface area contributed by atoms with Crippen molar-refractivity contribution in [3.63, 3.8) is 0 Å². The summed E-state index contributed by atoms with van der Waals surface area (Å²) in [6.45, 7) is 2.19. The van der Waals surface area contributed by atoms with Gasteiger partial charge in [-0.1, -0.05) is 6.07 Å². The Morgan fingerprint density at radius 2 is 2.13 bits per heavy atom. The molecule has 0 aliphatic heterocycles. The number of nitrogens with one attached hydrogen (secondary N) is 1. The van der Waals surface area contributed by atoms with Crippen molar-refractivity contribution >= 4 is 22.7 Å². The van der Waals surface area contributed by atoms with Crippen molar-refractivity contribution in [3.05, 3.63) is 44.3 Å². The van der Waals surface area contributed by atoms with Crippen molar-refractivity contribution in [1.82, 2.24) is 5.32 Å². The minimum Gasteiger partial charge on any atom is -0.313 e. The maximum absolute atomic E-state index is 3.40. The molecule has 0 fully saturated rings. The molecule has 2 rings (SSSR count). The van der Waals surface area contributed by atoms with Gasteiger partial charge in [0.1, 0.15) is 0 Å². The molecule has 2 heterocycles. The lowest BCUT2D eigenvalue weighted by atomic mass is 10.0. The van der Waals surface area contributed by atoms with Gasteiger partial charge in [0.25, 0.3) is 0 Å². The Hall–Kier alpha value is -0.640. The average molecular weight is 237 g/mol. The predicted octanol–water partition coefficient (Wildman–Crippen LogP) is 3.62. The molecule has 1 unspecified atom stereocenters. The smallest absolute Gasteiger partial charge is 0.0377 e. The first-order valence-electron chi connectivity index (χ1n) is 5.05. The van der Waals surface area contributed by atoms with Gasteiger partial charge >= 0.3 is 0 Å². The van der Waals surface area contributed by atoms with E-state index >= 15 is 0 Å². The van der Waals surface area contributed by atoms with Gasteiger partial charge in [0, 0.05) is 22.2 Å². The Kier molecular flexibility index (Phi) is 3.57. The number of hydrogen-bond donors (Lipinski definition) is 1. The standard InChI is InChI=1S/C12H15NS2/c1-9-11(5-7-14-9)12(13-2)8-10-4-3-6-15-10/h3-7,12-13H,8H2,1-2H3. The SMILES string of the molecule is CNC(Cc1cccs1)c1ccsc1C. The molecule has 1 atom stereocenters. The van der Waals surface area contributed by atoms with E-state index in [0.29, 0.717) is 6.04 Å². The van der Waals surface area contributed by atoms with E-state index in [2.05, 4.69) is 41.2 Å². The molecule has 0 spiro atoms. The number of aryl methyl sites for hydroxylation is 1. The highest BCUT2D eigenvalue weighted by molar-refractivity contribution is 7.10. The van der Waals surface area contributed by atoms with E-state index in [9.17, 15) is 0 Å². The molecule has 2 aromatic rings. The minimum absolute atomic E-state index is 0.454. The van der Waals surface area contributed by atoms with E-state index in [1.54, 1.807) is 0 Å². The van der Waals surface area contributed by atoms with E-state index in [-0.39, 0.29) is 0 Å². The normalized spacial score (nSPS) is 12.9. The zero-order chi connectivity index (χ0) is 10.7. The van der Waals surface area contributed by atoms with Crippen molar-refractivity contribution in [2.24, 2.45) is 0 Å². The van der Waals surface area contributed by atoms with Crippen LogP contribution in [0.25, 0.3) is 0 Å². The third kappa shape index (κ3) is 2.48. The summed E-state index contributed by atoms with van der Waals surface area (Å²) in [4.78, 5) is 2.87. The highest BCUT2D eigenvalue weighted by Crippen LogP contribution is 2.26. The summed E-state index contributed by atoms with van der Waals surface area (Å²) in [6.07, 6.45) is 1.09. The molecular formula is C12H15NS2. The van der Waals surface area contributed by atoms with Crippen LogP contribution in [0.5, 0.6) is 0 Å². The second-order valence-corrected chi connectivity index (χ2v) is 5.71. The first kappa shape index (κ1) is 10.9. The van der Waals surface area contributed by atoms with Crippen LogP contribution in [0.2, 0.25) is 0 Å². The summed E-state index contributed by atoms with van der Waals surface area (Å²) < 4.78 is 0. The van der Waals surface area contributed by atoms with E-state index in [0.717, 1.165) is 6.42 Å². The molecule has 1 nitrogen and oxygen atoms in total. The lowest BCUT2D eigenvalue weighted by Gasteiger charge is -2.15. The summed E-state index contributed by atoms with van der Waals surface area (Å²) in [5.74, 6) is 0. The number of likely N-dealkylation sites (N-methyl/N-ethyl adjacent to an activating group) is 1. The van der Waals surface area contributed by atoms with Crippen LogP contribution < -0.4 is 5.32 Å². The maximum Gasteiger partial charge on any atom is 0.0377 e. The lowest BCUT2D eigenvalue weighted by Crippen LogP contribution is -2.18. The molecule has 0 saturated heterocycles. The zero-order valence-corrected chi connectivity index (χ0v) is 10.6. The molecule has 0 aliphatic carbocycles. The Labute approximate surface area is 98.8 Å². The van der Waals surface area contributed by atoms with Gasteiger partial charge in [-0.2, -0.15) is 0 Å². The topological polar surface area (TPSA) is 12.0 Å². The highest BCUT2D eigenvalue weighted by Gasteiger charge is 2.13. The second kappa shape index (κ2) is 4.92. The summed E-state index contributed by atoms with van der Waals surface area (Å²) in [7, 11) is 2.04. The van der Waals surface area contributed by atoms with Gasteiger partial charge in [0.2, 0.25) is 0 Å². The van der Waals surface area contributed by atoms with Gasteiger partial charge in [-0.15, -0.1) is 22.7 Å². The maximum atomic E-state index is 3.40. The molecule has 0 saturated carbocycles. The van der Waals surface area contributed by atoms with Gasteiger partial charge in [-0.05, 0) is 42.4 Å². The summed E-state index contributed by atoms with van der Waals surface area (Å²) >= 11 is 3.66. The first-order valence-corrected chi connectivity index (χ1v) is 6.81. The highest BCUT2D eigenvalue weighted by atomic mass is 32.1. The van der Waals surface area contributed by atoms with E-state index in [1.807, 2.05) is 29.7 Å².